The van der Waals surface area contributed by atoms with Gasteiger partial charge in [-0.3, -0.25) is 4.57 Å². The highest BCUT2D eigenvalue weighted by Gasteiger charge is 2.23. The summed E-state index contributed by atoms with van der Waals surface area (Å²) in [6.45, 7) is 2.19. The maximum absolute atomic E-state index is 11.4. The fourth-order valence-corrected chi connectivity index (χ4v) is 3.81. The number of halogens is 3. The molecule has 9 heteroatoms. The highest BCUT2D eigenvalue weighted by molar-refractivity contribution is 9.11. The second-order valence-electron chi connectivity index (χ2n) is 3.61. The summed E-state index contributed by atoms with van der Waals surface area (Å²) in [5.41, 5.74) is 0.740. The lowest BCUT2D eigenvalue weighted by Crippen LogP contribution is -2.06. The molecular weight excluding hydrogens is 421 g/mol. The van der Waals surface area contributed by atoms with Gasteiger partial charge in [0.05, 0.1) is 0 Å². The van der Waals surface area contributed by atoms with Crippen LogP contribution in [0.1, 0.15) is 6.92 Å². The summed E-state index contributed by atoms with van der Waals surface area (Å²) in [5, 5.41) is 7.33. The van der Waals surface area contributed by atoms with E-state index in [9.17, 15) is 8.42 Å². The molecule has 0 spiro atoms. The van der Waals surface area contributed by atoms with Crippen molar-refractivity contribution < 1.29 is 8.42 Å². The Bertz CT molecular complexity index is 730. The van der Waals surface area contributed by atoms with E-state index < -0.39 is 9.05 Å². The molecule has 0 aliphatic carbocycles. The molecule has 0 aliphatic rings. The second kappa shape index (κ2) is 5.51. The van der Waals surface area contributed by atoms with Crippen LogP contribution in [0, 0.1) is 0 Å². The van der Waals surface area contributed by atoms with Crippen molar-refractivity contribution in [3.05, 3.63) is 27.1 Å². The molecule has 0 N–H and O–H groups in total. The molecule has 1 heterocycles. The molecule has 19 heavy (non-hydrogen) atoms. The zero-order chi connectivity index (χ0) is 14.2. The number of hydrogen-bond acceptors (Lipinski definition) is 4. The minimum absolute atomic E-state index is 0.249. The number of hydrogen-bond donors (Lipinski definition) is 0. The van der Waals surface area contributed by atoms with E-state index in [1.54, 1.807) is 6.92 Å². The van der Waals surface area contributed by atoms with Crippen LogP contribution in [-0.2, 0) is 15.6 Å². The summed E-state index contributed by atoms with van der Waals surface area (Å²) in [5.74, 6) is 0.445. The lowest BCUT2D eigenvalue weighted by Gasteiger charge is -2.07. The predicted octanol–water partition coefficient (Wildman–Crippen LogP) is 3.42. The molecule has 0 unspecified atom stereocenters. The molecule has 1 aromatic heterocycles. The standard InChI is InChI=1S/C10H8Br2ClN3O2S/c1-2-16-9(14-15-10(16)19(13,17)18)7-4-3-6(11)5-8(7)12/h3-5H,2H2,1H3. The molecule has 0 saturated heterocycles. The van der Waals surface area contributed by atoms with Gasteiger partial charge < -0.3 is 0 Å². The van der Waals surface area contributed by atoms with E-state index >= 15 is 0 Å². The molecule has 0 aliphatic heterocycles. The van der Waals surface area contributed by atoms with Gasteiger partial charge in [-0.2, -0.15) is 0 Å². The van der Waals surface area contributed by atoms with Crippen molar-refractivity contribution in [1.29, 1.82) is 0 Å². The van der Waals surface area contributed by atoms with Gasteiger partial charge in [-0.1, -0.05) is 15.9 Å². The number of benzene rings is 1. The van der Waals surface area contributed by atoms with Crippen LogP contribution < -0.4 is 0 Å². The number of aromatic nitrogens is 3. The predicted molar refractivity (Wildman–Crippen MR) is 79.6 cm³/mol. The van der Waals surface area contributed by atoms with Crippen molar-refractivity contribution in [1.82, 2.24) is 14.8 Å². The first-order chi connectivity index (χ1) is 8.84. The van der Waals surface area contributed by atoms with Crippen molar-refractivity contribution in [3.8, 4) is 11.4 Å². The van der Waals surface area contributed by atoms with Gasteiger partial charge in [0.25, 0.3) is 14.2 Å². The van der Waals surface area contributed by atoms with E-state index in [-0.39, 0.29) is 5.16 Å². The summed E-state index contributed by atoms with van der Waals surface area (Å²) < 4.78 is 26.0. The van der Waals surface area contributed by atoms with Crippen LogP contribution in [0.25, 0.3) is 11.4 Å². The molecule has 102 valence electrons. The third kappa shape index (κ3) is 3.01. The van der Waals surface area contributed by atoms with Gasteiger partial charge in [0.15, 0.2) is 5.82 Å². The second-order valence-corrected chi connectivity index (χ2v) is 7.84. The van der Waals surface area contributed by atoms with Crippen LogP contribution in [0.3, 0.4) is 0 Å². The van der Waals surface area contributed by atoms with Gasteiger partial charge in [-0.25, -0.2) is 8.42 Å². The van der Waals surface area contributed by atoms with Crippen LogP contribution in [0.15, 0.2) is 32.3 Å². The molecule has 1 aromatic carbocycles. The molecule has 0 saturated carbocycles. The Balaban J connectivity index is 2.67. The Labute approximate surface area is 131 Å². The van der Waals surface area contributed by atoms with Crippen LogP contribution in [-0.4, -0.2) is 23.2 Å². The Kier molecular flexibility index (Phi) is 4.34. The molecule has 0 bridgehead atoms. The molecule has 0 fully saturated rings. The van der Waals surface area contributed by atoms with Crippen molar-refractivity contribution >= 4 is 51.6 Å². The van der Waals surface area contributed by atoms with E-state index in [0.717, 1.165) is 14.5 Å². The Hall–Kier alpha value is -0.440. The summed E-state index contributed by atoms with van der Waals surface area (Å²) >= 11 is 6.76. The highest BCUT2D eigenvalue weighted by atomic mass is 79.9. The lowest BCUT2D eigenvalue weighted by atomic mass is 10.2. The fraction of sp³-hybridized carbons (Fsp3) is 0.200. The van der Waals surface area contributed by atoms with Crippen molar-refractivity contribution in [2.24, 2.45) is 0 Å². The quantitative estimate of drug-likeness (QED) is 0.702. The molecule has 0 atom stereocenters. The van der Waals surface area contributed by atoms with Crippen molar-refractivity contribution in [3.63, 3.8) is 0 Å². The number of nitrogens with zero attached hydrogens (tertiary/aromatic N) is 3. The van der Waals surface area contributed by atoms with E-state index in [4.69, 9.17) is 10.7 Å². The van der Waals surface area contributed by atoms with Crippen molar-refractivity contribution in [2.45, 2.75) is 18.6 Å². The van der Waals surface area contributed by atoms with Gasteiger partial charge >= 0.3 is 0 Å². The van der Waals surface area contributed by atoms with Crippen LogP contribution in [0.2, 0.25) is 0 Å². The molecule has 2 rings (SSSR count). The van der Waals surface area contributed by atoms with Crippen molar-refractivity contribution in [2.75, 3.05) is 0 Å². The zero-order valence-corrected chi connectivity index (χ0v) is 14.4. The molecule has 0 radical (unpaired) electrons. The maximum Gasteiger partial charge on any atom is 0.296 e. The third-order valence-corrected chi connectivity index (χ3v) is 4.72. The highest BCUT2D eigenvalue weighted by Crippen LogP contribution is 2.31. The maximum atomic E-state index is 11.4. The molecule has 0 amide bonds. The zero-order valence-electron chi connectivity index (χ0n) is 9.64. The summed E-state index contributed by atoms with van der Waals surface area (Å²) in [6.07, 6.45) is 0. The van der Waals surface area contributed by atoms with E-state index in [2.05, 4.69) is 42.1 Å². The summed E-state index contributed by atoms with van der Waals surface area (Å²) in [4.78, 5) is 0. The van der Waals surface area contributed by atoms with Gasteiger partial charge in [0.2, 0.25) is 0 Å². The molecular formula is C10H8Br2ClN3O2S. The summed E-state index contributed by atoms with van der Waals surface area (Å²) in [7, 11) is 1.42. The van der Waals surface area contributed by atoms with E-state index in [1.807, 2.05) is 18.2 Å². The minimum atomic E-state index is -3.92. The fourth-order valence-electron chi connectivity index (χ4n) is 1.62. The average molecular weight is 430 g/mol. The molecule has 2 aromatic rings. The van der Waals surface area contributed by atoms with Gasteiger partial charge in [-0.15, -0.1) is 10.2 Å². The monoisotopic (exact) mass is 427 g/mol. The number of rotatable bonds is 3. The topological polar surface area (TPSA) is 64.8 Å². The first-order valence-electron chi connectivity index (χ1n) is 5.18. The average Bonchev–Trinajstić information content (AvgIpc) is 2.72. The Morgan fingerprint density at radius 3 is 2.53 bits per heavy atom. The smallest absolute Gasteiger partial charge is 0.296 e. The first-order valence-corrected chi connectivity index (χ1v) is 9.07. The molecule has 5 nitrogen and oxygen atoms in total. The summed E-state index contributed by atoms with van der Waals surface area (Å²) in [6, 6.07) is 5.50. The van der Waals surface area contributed by atoms with Crippen LogP contribution in [0.4, 0.5) is 0 Å². The van der Waals surface area contributed by atoms with Crippen LogP contribution in [0.5, 0.6) is 0 Å². The first kappa shape index (κ1) is 15.0. The van der Waals surface area contributed by atoms with Gasteiger partial charge in [-0.05, 0) is 41.1 Å². The van der Waals surface area contributed by atoms with Gasteiger partial charge in [0, 0.05) is 31.7 Å². The Morgan fingerprint density at radius 2 is 2.00 bits per heavy atom. The normalized spacial score (nSPS) is 11.8. The third-order valence-electron chi connectivity index (χ3n) is 2.42. The largest absolute Gasteiger partial charge is 0.297 e. The lowest BCUT2D eigenvalue weighted by molar-refractivity contribution is 0.582. The van der Waals surface area contributed by atoms with E-state index in [0.29, 0.717) is 12.4 Å². The SMILES string of the molecule is CCn1c(-c2ccc(Br)cc2Br)nnc1S(=O)(=O)Cl. The van der Waals surface area contributed by atoms with E-state index in [1.165, 1.54) is 4.57 Å². The van der Waals surface area contributed by atoms with Crippen LogP contribution >= 0.6 is 42.5 Å². The van der Waals surface area contributed by atoms with Gasteiger partial charge in [0.1, 0.15) is 0 Å². The Morgan fingerprint density at radius 1 is 1.32 bits per heavy atom. The minimum Gasteiger partial charge on any atom is -0.297 e.